The van der Waals surface area contributed by atoms with Crippen LogP contribution in [0.25, 0.3) is 0 Å². The summed E-state index contributed by atoms with van der Waals surface area (Å²) in [6.45, 7) is 1.10. The lowest BCUT2D eigenvalue weighted by atomic mass is 10.2. The molecule has 2 aromatic carbocycles. The summed E-state index contributed by atoms with van der Waals surface area (Å²) in [6.07, 6.45) is 1.65. The molecule has 0 aliphatic carbocycles. The smallest absolute Gasteiger partial charge is 0.256 e. The monoisotopic (exact) mass is 381 g/mol. The molecule has 0 fully saturated rings. The van der Waals surface area contributed by atoms with Gasteiger partial charge in [-0.3, -0.25) is 4.79 Å². The van der Waals surface area contributed by atoms with Gasteiger partial charge < -0.3 is 20.1 Å². The molecule has 0 radical (unpaired) electrons. The van der Waals surface area contributed by atoms with Crippen molar-refractivity contribution in [3.8, 4) is 11.5 Å². The van der Waals surface area contributed by atoms with Crippen molar-refractivity contribution in [2.45, 2.75) is 0 Å². The molecule has 0 saturated carbocycles. The lowest BCUT2D eigenvalue weighted by Crippen LogP contribution is -2.15. The van der Waals surface area contributed by atoms with E-state index < -0.39 is 0 Å². The zero-order chi connectivity index (χ0) is 18.6. The Morgan fingerprint density at radius 3 is 2.41 bits per heavy atom. The van der Waals surface area contributed by atoms with Gasteiger partial charge in [0.05, 0.1) is 11.9 Å². The highest BCUT2D eigenvalue weighted by atomic mass is 35.5. The molecule has 0 spiro atoms. The standard InChI is InChI=1S/C20H16ClN3O3/c21-14-3-1-13(2-4-14)20(25)24-19-8-6-16(12-22-19)23-15-5-7-17-18(11-15)27-10-9-26-17/h1-8,11-12,23H,9-10H2,(H,22,24,25). The van der Waals surface area contributed by atoms with E-state index in [1.165, 1.54) is 0 Å². The number of anilines is 3. The van der Waals surface area contributed by atoms with E-state index in [-0.39, 0.29) is 5.91 Å². The predicted octanol–water partition coefficient (Wildman–Crippen LogP) is 4.50. The first-order valence-corrected chi connectivity index (χ1v) is 8.75. The molecule has 7 heteroatoms. The van der Waals surface area contributed by atoms with Crippen molar-refractivity contribution < 1.29 is 14.3 Å². The van der Waals surface area contributed by atoms with Gasteiger partial charge in [0.25, 0.3) is 5.91 Å². The number of benzene rings is 2. The molecule has 136 valence electrons. The highest BCUT2D eigenvalue weighted by molar-refractivity contribution is 6.30. The van der Waals surface area contributed by atoms with Crippen LogP contribution in [0.2, 0.25) is 5.02 Å². The van der Waals surface area contributed by atoms with Gasteiger partial charge in [-0.1, -0.05) is 11.6 Å². The van der Waals surface area contributed by atoms with Gasteiger partial charge in [0.15, 0.2) is 11.5 Å². The molecule has 0 unspecified atom stereocenters. The van der Waals surface area contributed by atoms with Crippen LogP contribution in [0.15, 0.2) is 60.8 Å². The van der Waals surface area contributed by atoms with Gasteiger partial charge in [0, 0.05) is 22.3 Å². The molecule has 1 aromatic heterocycles. The zero-order valence-electron chi connectivity index (χ0n) is 14.2. The van der Waals surface area contributed by atoms with E-state index in [0.29, 0.717) is 35.4 Å². The summed E-state index contributed by atoms with van der Waals surface area (Å²) in [4.78, 5) is 16.5. The Labute approximate surface area is 161 Å². The summed E-state index contributed by atoms with van der Waals surface area (Å²) < 4.78 is 11.1. The lowest BCUT2D eigenvalue weighted by Gasteiger charge is -2.19. The molecular formula is C20H16ClN3O3. The average molecular weight is 382 g/mol. The summed E-state index contributed by atoms with van der Waals surface area (Å²) in [7, 11) is 0. The Morgan fingerprint density at radius 2 is 1.67 bits per heavy atom. The minimum Gasteiger partial charge on any atom is -0.486 e. The van der Waals surface area contributed by atoms with Crippen LogP contribution >= 0.6 is 11.6 Å². The van der Waals surface area contributed by atoms with Crippen molar-refractivity contribution in [2.75, 3.05) is 23.8 Å². The summed E-state index contributed by atoms with van der Waals surface area (Å²) in [6, 6.07) is 15.9. The van der Waals surface area contributed by atoms with Crippen molar-refractivity contribution in [1.29, 1.82) is 0 Å². The Kier molecular flexibility index (Phi) is 4.80. The second kappa shape index (κ2) is 7.55. The quantitative estimate of drug-likeness (QED) is 0.696. The summed E-state index contributed by atoms with van der Waals surface area (Å²) in [5.74, 6) is 1.67. The van der Waals surface area contributed by atoms with Crippen LogP contribution in [-0.2, 0) is 0 Å². The van der Waals surface area contributed by atoms with Gasteiger partial charge in [0.1, 0.15) is 19.0 Å². The molecule has 27 heavy (non-hydrogen) atoms. The minimum absolute atomic E-state index is 0.244. The first-order chi connectivity index (χ1) is 13.2. The molecule has 0 bridgehead atoms. The first kappa shape index (κ1) is 17.2. The number of carbonyl (C=O) groups excluding carboxylic acids is 1. The summed E-state index contributed by atoms with van der Waals surface area (Å²) in [5, 5.41) is 6.58. The maximum Gasteiger partial charge on any atom is 0.256 e. The van der Waals surface area contributed by atoms with Crippen molar-refractivity contribution in [3.05, 3.63) is 71.4 Å². The predicted molar refractivity (Wildman–Crippen MR) is 104 cm³/mol. The Bertz CT molecular complexity index is 959. The van der Waals surface area contributed by atoms with E-state index in [0.717, 1.165) is 17.1 Å². The maximum absolute atomic E-state index is 12.2. The topological polar surface area (TPSA) is 72.5 Å². The van der Waals surface area contributed by atoms with Crippen LogP contribution in [-0.4, -0.2) is 24.1 Å². The van der Waals surface area contributed by atoms with Gasteiger partial charge in [-0.15, -0.1) is 0 Å². The van der Waals surface area contributed by atoms with Crippen molar-refractivity contribution >= 4 is 34.7 Å². The Balaban J connectivity index is 1.41. The molecule has 3 aromatic rings. The number of ether oxygens (including phenoxy) is 2. The number of hydrogen-bond donors (Lipinski definition) is 2. The molecule has 4 rings (SSSR count). The molecule has 0 atom stereocenters. The number of carbonyl (C=O) groups is 1. The zero-order valence-corrected chi connectivity index (χ0v) is 15.0. The highest BCUT2D eigenvalue weighted by Crippen LogP contribution is 2.33. The molecule has 1 amide bonds. The van der Waals surface area contributed by atoms with Crippen LogP contribution in [0, 0.1) is 0 Å². The highest BCUT2D eigenvalue weighted by Gasteiger charge is 2.12. The summed E-state index contributed by atoms with van der Waals surface area (Å²) >= 11 is 5.83. The molecule has 1 aliphatic heterocycles. The van der Waals surface area contributed by atoms with Crippen molar-refractivity contribution in [2.24, 2.45) is 0 Å². The minimum atomic E-state index is -0.244. The van der Waals surface area contributed by atoms with Crippen LogP contribution in [0.4, 0.5) is 17.2 Å². The van der Waals surface area contributed by atoms with E-state index >= 15 is 0 Å². The second-order valence-corrected chi connectivity index (χ2v) is 6.31. The molecule has 1 aliphatic rings. The van der Waals surface area contributed by atoms with Crippen molar-refractivity contribution in [1.82, 2.24) is 4.98 Å². The number of fused-ring (bicyclic) bond motifs is 1. The van der Waals surface area contributed by atoms with Crippen LogP contribution < -0.4 is 20.1 Å². The Hall–Kier alpha value is -3.25. The van der Waals surface area contributed by atoms with Gasteiger partial charge in [-0.05, 0) is 48.5 Å². The third-order valence-corrected chi connectivity index (χ3v) is 4.19. The normalized spacial score (nSPS) is 12.3. The second-order valence-electron chi connectivity index (χ2n) is 5.88. The van der Waals surface area contributed by atoms with Crippen molar-refractivity contribution in [3.63, 3.8) is 0 Å². The van der Waals surface area contributed by atoms with E-state index in [9.17, 15) is 4.79 Å². The van der Waals surface area contributed by atoms with E-state index in [2.05, 4.69) is 15.6 Å². The molecule has 2 heterocycles. The third kappa shape index (κ3) is 4.12. The SMILES string of the molecule is O=C(Nc1ccc(Nc2ccc3c(c2)OCCO3)cn1)c1ccc(Cl)cc1. The van der Waals surface area contributed by atoms with Crippen LogP contribution in [0.1, 0.15) is 10.4 Å². The molecular weight excluding hydrogens is 366 g/mol. The average Bonchev–Trinajstić information content (AvgIpc) is 2.70. The van der Waals surface area contributed by atoms with Gasteiger partial charge in [-0.2, -0.15) is 0 Å². The first-order valence-electron chi connectivity index (χ1n) is 8.37. The Morgan fingerprint density at radius 1 is 0.926 bits per heavy atom. The number of nitrogens with one attached hydrogen (secondary N) is 2. The summed E-state index contributed by atoms with van der Waals surface area (Å²) in [5.41, 5.74) is 2.16. The van der Waals surface area contributed by atoms with Crippen LogP contribution in [0.3, 0.4) is 0 Å². The number of amides is 1. The van der Waals surface area contributed by atoms with E-state index in [1.807, 2.05) is 24.3 Å². The molecule has 0 saturated heterocycles. The van der Waals surface area contributed by atoms with E-state index in [4.69, 9.17) is 21.1 Å². The number of rotatable bonds is 4. The van der Waals surface area contributed by atoms with Crippen LogP contribution in [0.5, 0.6) is 11.5 Å². The lowest BCUT2D eigenvalue weighted by molar-refractivity contribution is 0.102. The van der Waals surface area contributed by atoms with Gasteiger partial charge >= 0.3 is 0 Å². The van der Waals surface area contributed by atoms with E-state index in [1.54, 1.807) is 36.5 Å². The number of pyridine rings is 1. The largest absolute Gasteiger partial charge is 0.486 e. The molecule has 2 N–H and O–H groups in total. The fourth-order valence-corrected chi connectivity index (χ4v) is 2.75. The number of nitrogens with zero attached hydrogens (tertiary/aromatic N) is 1. The number of hydrogen-bond acceptors (Lipinski definition) is 5. The maximum atomic E-state index is 12.2. The third-order valence-electron chi connectivity index (χ3n) is 3.94. The fourth-order valence-electron chi connectivity index (χ4n) is 2.62. The molecule has 6 nitrogen and oxygen atoms in total. The number of halogens is 1. The van der Waals surface area contributed by atoms with Gasteiger partial charge in [-0.25, -0.2) is 4.98 Å². The fraction of sp³-hybridized carbons (Fsp3) is 0.100. The van der Waals surface area contributed by atoms with Gasteiger partial charge in [0.2, 0.25) is 0 Å². The number of aromatic nitrogens is 1.